The van der Waals surface area contributed by atoms with Gasteiger partial charge in [-0.1, -0.05) is 15.9 Å². The highest BCUT2D eigenvalue weighted by atomic mass is 79.9. The molecule has 0 aliphatic heterocycles. The van der Waals surface area contributed by atoms with E-state index in [1.807, 2.05) is 0 Å². The van der Waals surface area contributed by atoms with Gasteiger partial charge in [0.2, 0.25) is 5.91 Å². The number of carbonyl (C=O) groups is 1. The highest BCUT2D eigenvalue weighted by Crippen LogP contribution is 2.39. The first kappa shape index (κ1) is 17.8. The number of rotatable bonds is 6. The van der Waals surface area contributed by atoms with Crippen molar-refractivity contribution < 1.29 is 22.7 Å². The summed E-state index contributed by atoms with van der Waals surface area (Å²) in [5.74, 6) is -1.69. The topological polar surface area (TPSA) is 38.3 Å². The number of ether oxygens (including phenoxy) is 1. The number of nitrogens with one attached hydrogen (secondary N) is 1. The molecule has 1 saturated carbocycles. The van der Waals surface area contributed by atoms with Gasteiger partial charge in [0.15, 0.2) is 0 Å². The maximum absolute atomic E-state index is 12.6. The van der Waals surface area contributed by atoms with Crippen molar-refractivity contribution >= 4 is 21.8 Å². The first-order valence-corrected chi connectivity index (χ1v) is 7.92. The molecule has 0 aromatic rings. The third-order valence-corrected chi connectivity index (χ3v) is 4.19. The van der Waals surface area contributed by atoms with Crippen LogP contribution in [0.1, 0.15) is 32.1 Å². The fourth-order valence-electron chi connectivity index (χ4n) is 2.53. The van der Waals surface area contributed by atoms with Crippen LogP contribution >= 0.6 is 15.9 Å². The van der Waals surface area contributed by atoms with Gasteiger partial charge in [0.1, 0.15) is 0 Å². The Balaban J connectivity index is 2.42. The molecule has 1 rings (SSSR count). The molecule has 1 N–H and O–H groups in total. The van der Waals surface area contributed by atoms with Crippen LogP contribution in [0.3, 0.4) is 0 Å². The molecule has 7 heteroatoms. The number of amides is 1. The molecule has 118 valence electrons. The van der Waals surface area contributed by atoms with Crippen molar-refractivity contribution in [1.29, 1.82) is 0 Å². The van der Waals surface area contributed by atoms with Gasteiger partial charge in [0, 0.05) is 18.4 Å². The fraction of sp³-hybridized carbons (Fsp3) is 0.923. The van der Waals surface area contributed by atoms with E-state index in [1.165, 1.54) is 0 Å². The fourth-order valence-corrected chi connectivity index (χ4v) is 3.08. The van der Waals surface area contributed by atoms with Gasteiger partial charge in [0.25, 0.3) is 0 Å². The number of hydrogen-bond acceptors (Lipinski definition) is 2. The molecule has 1 amide bonds. The lowest BCUT2D eigenvalue weighted by molar-refractivity contribution is -0.184. The van der Waals surface area contributed by atoms with Gasteiger partial charge >= 0.3 is 6.18 Å². The van der Waals surface area contributed by atoms with Crippen molar-refractivity contribution in [2.75, 3.05) is 19.0 Å². The number of carbonyl (C=O) groups excluding carboxylic acids is 1. The minimum absolute atomic E-state index is 0.0506. The van der Waals surface area contributed by atoms with Crippen molar-refractivity contribution in [2.45, 2.75) is 44.3 Å². The lowest BCUT2D eigenvalue weighted by Crippen LogP contribution is -2.43. The SMILES string of the molecule is COCC(CCBr)NC(=O)C1CCC(C(F)(F)F)CC1. The quantitative estimate of drug-likeness (QED) is 0.739. The summed E-state index contributed by atoms with van der Waals surface area (Å²) in [5.41, 5.74) is 0. The average Bonchev–Trinajstić information content (AvgIpc) is 2.38. The van der Waals surface area contributed by atoms with Crippen LogP contribution in [0.2, 0.25) is 0 Å². The van der Waals surface area contributed by atoms with Crippen molar-refractivity contribution in [2.24, 2.45) is 11.8 Å². The van der Waals surface area contributed by atoms with E-state index in [0.29, 0.717) is 19.4 Å². The predicted molar refractivity (Wildman–Crippen MR) is 73.7 cm³/mol. The zero-order valence-corrected chi connectivity index (χ0v) is 13.1. The summed E-state index contributed by atoms with van der Waals surface area (Å²) in [5, 5.41) is 3.61. The molecule has 0 bridgehead atoms. The normalized spacial score (nSPS) is 25.2. The van der Waals surface area contributed by atoms with Crippen molar-refractivity contribution in [1.82, 2.24) is 5.32 Å². The second kappa shape index (κ2) is 8.22. The molecular formula is C13H21BrF3NO2. The number of hydrogen-bond donors (Lipinski definition) is 1. The zero-order chi connectivity index (χ0) is 15.2. The van der Waals surface area contributed by atoms with Gasteiger partial charge < -0.3 is 10.1 Å². The lowest BCUT2D eigenvalue weighted by Gasteiger charge is -2.30. The van der Waals surface area contributed by atoms with E-state index in [2.05, 4.69) is 21.2 Å². The molecule has 1 fully saturated rings. The van der Waals surface area contributed by atoms with Crippen LogP contribution in [0.5, 0.6) is 0 Å². The summed E-state index contributed by atoms with van der Waals surface area (Å²) >= 11 is 3.30. The van der Waals surface area contributed by atoms with Crippen LogP contribution in [0.15, 0.2) is 0 Å². The maximum atomic E-state index is 12.6. The summed E-state index contributed by atoms with van der Waals surface area (Å²) in [6.45, 7) is 0.412. The average molecular weight is 360 g/mol. The van der Waals surface area contributed by atoms with Gasteiger partial charge in [0.05, 0.1) is 18.6 Å². The molecule has 1 atom stereocenters. The highest BCUT2D eigenvalue weighted by Gasteiger charge is 2.42. The minimum atomic E-state index is -4.13. The van der Waals surface area contributed by atoms with Gasteiger partial charge in [-0.05, 0) is 32.1 Å². The van der Waals surface area contributed by atoms with Crippen LogP contribution in [0.4, 0.5) is 13.2 Å². The molecule has 0 radical (unpaired) electrons. The molecule has 3 nitrogen and oxygen atoms in total. The Labute approximate surface area is 125 Å². The molecule has 0 saturated heterocycles. The first-order valence-electron chi connectivity index (χ1n) is 6.80. The molecule has 0 spiro atoms. The van der Waals surface area contributed by atoms with Crippen molar-refractivity contribution in [3.05, 3.63) is 0 Å². The summed E-state index contributed by atoms with van der Waals surface area (Å²) in [7, 11) is 1.56. The standard InChI is InChI=1S/C13H21BrF3NO2/c1-20-8-11(6-7-14)18-12(19)9-2-4-10(5-3-9)13(15,16)17/h9-11H,2-8H2,1H3,(H,18,19). The second-order valence-electron chi connectivity index (χ2n) is 5.23. The summed E-state index contributed by atoms with van der Waals surface area (Å²) in [6.07, 6.45) is -2.68. The Bertz CT molecular complexity index is 298. The van der Waals surface area contributed by atoms with Crippen molar-refractivity contribution in [3.8, 4) is 0 Å². The molecule has 0 aromatic carbocycles. The molecule has 1 unspecified atom stereocenters. The van der Waals surface area contributed by atoms with E-state index in [0.717, 1.165) is 11.8 Å². The van der Waals surface area contributed by atoms with Gasteiger partial charge in [-0.25, -0.2) is 0 Å². The molecule has 0 heterocycles. The third-order valence-electron chi connectivity index (χ3n) is 3.73. The van der Waals surface area contributed by atoms with E-state index >= 15 is 0 Å². The minimum Gasteiger partial charge on any atom is -0.383 e. The van der Waals surface area contributed by atoms with E-state index in [4.69, 9.17) is 4.74 Å². The Kier molecular flexibility index (Phi) is 7.29. The second-order valence-corrected chi connectivity index (χ2v) is 6.02. The lowest BCUT2D eigenvalue weighted by atomic mass is 9.81. The molecule has 1 aliphatic carbocycles. The van der Waals surface area contributed by atoms with Crippen LogP contribution in [0, 0.1) is 11.8 Å². The van der Waals surface area contributed by atoms with E-state index < -0.39 is 12.1 Å². The van der Waals surface area contributed by atoms with E-state index in [-0.39, 0.29) is 30.7 Å². The van der Waals surface area contributed by atoms with Gasteiger partial charge in [-0.2, -0.15) is 13.2 Å². The Morgan fingerprint density at radius 1 is 1.35 bits per heavy atom. The third kappa shape index (κ3) is 5.60. The maximum Gasteiger partial charge on any atom is 0.391 e. The van der Waals surface area contributed by atoms with E-state index in [9.17, 15) is 18.0 Å². The zero-order valence-electron chi connectivity index (χ0n) is 11.5. The summed E-state index contributed by atoms with van der Waals surface area (Å²) < 4.78 is 42.7. The Hall–Kier alpha value is -0.300. The number of alkyl halides is 4. The molecular weight excluding hydrogens is 339 g/mol. The van der Waals surface area contributed by atoms with Crippen LogP contribution in [0.25, 0.3) is 0 Å². The Morgan fingerprint density at radius 2 is 1.95 bits per heavy atom. The Morgan fingerprint density at radius 3 is 2.40 bits per heavy atom. The van der Waals surface area contributed by atoms with Gasteiger partial charge in [-0.3, -0.25) is 4.79 Å². The van der Waals surface area contributed by atoms with Crippen LogP contribution in [-0.4, -0.2) is 37.2 Å². The van der Waals surface area contributed by atoms with Gasteiger partial charge in [-0.15, -0.1) is 0 Å². The molecule has 20 heavy (non-hydrogen) atoms. The van der Waals surface area contributed by atoms with Crippen LogP contribution < -0.4 is 5.32 Å². The predicted octanol–water partition coefficient (Wildman–Crippen LogP) is 3.27. The molecule has 0 aromatic heterocycles. The number of halogens is 4. The summed E-state index contributed by atoms with van der Waals surface area (Å²) in [4.78, 5) is 12.1. The molecule has 1 aliphatic rings. The van der Waals surface area contributed by atoms with E-state index in [1.54, 1.807) is 7.11 Å². The first-order chi connectivity index (χ1) is 9.38. The number of methoxy groups -OCH3 is 1. The largest absolute Gasteiger partial charge is 0.391 e. The monoisotopic (exact) mass is 359 g/mol. The summed E-state index contributed by atoms with van der Waals surface area (Å²) in [6, 6.07) is -0.0905. The smallest absolute Gasteiger partial charge is 0.383 e. The van der Waals surface area contributed by atoms with Crippen molar-refractivity contribution in [3.63, 3.8) is 0 Å². The highest BCUT2D eigenvalue weighted by molar-refractivity contribution is 9.09. The van der Waals surface area contributed by atoms with Crippen LogP contribution in [-0.2, 0) is 9.53 Å².